The number of carbonyl (C=O) groups is 2. The molecule has 2 aliphatic rings. The number of nitrogens with zero attached hydrogens (tertiary/aromatic N) is 3. The Morgan fingerprint density at radius 1 is 1.21 bits per heavy atom. The summed E-state index contributed by atoms with van der Waals surface area (Å²) in [4.78, 5) is 34.7. The van der Waals surface area contributed by atoms with Gasteiger partial charge in [-0.2, -0.15) is 4.98 Å². The van der Waals surface area contributed by atoms with Gasteiger partial charge in [-0.1, -0.05) is 24.4 Å². The Balaban J connectivity index is 1.28. The van der Waals surface area contributed by atoms with Gasteiger partial charge in [-0.3, -0.25) is 14.9 Å². The standard InChI is InChI=1S/C23H20N4O4S2/c1-27(22-24-11-10-20(25-22)31-17-6-8-18(32)9-7-17)12-13-30-16-4-2-15(3-5-16)14-19-21(28)26-23(29)33-19/h2-8,10-11,14H,9,12-13H2,1H3,(H,26,28,29). The third-order valence-corrected chi connectivity index (χ3v) is 5.75. The normalized spacial score (nSPS) is 16.6. The minimum absolute atomic E-state index is 0.357. The maximum Gasteiger partial charge on any atom is 0.290 e. The molecule has 1 aliphatic carbocycles. The fourth-order valence-electron chi connectivity index (χ4n) is 2.92. The summed E-state index contributed by atoms with van der Waals surface area (Å²) in [5, 5.41) is 1.88. The smallest absolute Gasteiger partial charge is 0.290 e. The van der Waals surface area contributed by atoms with Crippen molar-refractivity contribution in [1.29, 1.82) is 0 Å². The number of benzene rings is 1. The van der Waals surface area contributed by atoms with Gasteiger partial charge in [0.1, 0.15) is 18.1 Å². The van der Waals surface area contributed by atoms with Crippen LogP contribution in [-0.4, -0.2) is 46.2 Å². The van der Waals surface area contributed by atoms with Crippen LogP contribution in [0.3, 0.4) is 0 Å². The number of ether oxygens (including phenoxy) is 2. The van der Waals surface area contributed by atoms with E-state index in [0.29, 0.717) is 47.8 Å². The lowest BCUT2D eigenvalue weighted by Crippen LogP contribution is -2.25. The number of amides is 2. The molecule has 0 atom stereocenters. The molecule has 1 aromatic heterocycles. The Labute approximate surface area is 200 Å². The highest BCUT2D eigenvalue weighted by atomic mass is 32.2. The van der Waals surface area contributed by atoms with Crippen molar-refractivity contribution in [3.63, 3.8) is 0 Å². The fourth-order valence-corrected chi connectivity index (χ4v) is 3.75. The molecule has 0 saturated carbocycles. The highest BCUT2D eigenvalue weighted by molar-refractivity contribution is 8.18. The zero-order valence-corrected chi connectivity index (χ0v) is 19.3. The Bertz CT molecular complexity index is 1180. The van der Waals surface area contributed by atoms with Crippen LogP contribution in [0.5, 0.6) is 11.6 Å². The highest BCUT2D eigenvalue weighted by Crippen LogP contribution is 2.26. The first-order valence-corrected chi connectivity index (χ1v) is 11.3. The maximum absolute atomic E-state index is 11.6. The largest absolute Gasteiger partial charge is 0.492 e. The summed E-state index contributed by atoms with van der Waals surface area (Å²) >= 11 is 6.03. The molecule has 1 aliphatic heterocycles. The van der Waals surface area contributed by atoms with Gasteiger partial charge in [-0.15, -0.1) is 0 Å². The van der Waals surface area contributed by atoms with Gasteiger partial charge in [0.25, 0.3) is 11.1 Å². The number of thiocarbonyl (C=S) groups is 1. The van der Waals surface area contributed by atoms with E-state index in [1.807, 2.05) is 54.4 Å². The average Bonchev–Trinajstić information content (AvgIpc) is 3.13. The molecule has 1 fully saturated rings. The van der Waals surface area contributed by atoms with Gasteiger partial charge in [-0.05, 0) is 53.8 Å². The number of rotatable bonds is 8. The zero-order chi connectivity index (χ0) is 23.2. The molecule has 2 heterocycles. The van der Waals surface area contributed by atoms with Gasteiger partial charge in [0.05, 0.1) is 11.4 Å². The number of hydrogen-bond donors (Lipinski definition) is 1. The number of hydrogen-bond acceptors (Lipinski definition) is 9. The van der Waals surface area contributed by atoms with Crippen LogP contribution in [0.25, 0.3) is 6.08 Å². The van der Waals surface area contributed by atoms with E-state index in [2.05, 4.69) is 15.3 Å². The van der Waals surface area contributed by atoms with E-state index in [1.165, 1.54) is 0 Å². The Kier molecular flexibility index (Phi) is 7.16. The third-order valence-electron chi connectivity index (χ3n) is 4.63. The van der Waals surface area contributed by atoms with Crippen LogP contribution in [0.2, 0.25) is 0 Å². The van der Waals surface area contributed by atoms with Crippen molar-refractivity contribution in [2.24, 2.45) is 0 Å². The number of likely N-dealkylation sites (N-methyl/N-ethyl adjacent to an activating group) is 1. The monoisotopic (exact) mass is 480 g/mol. The summed E-state index contributed by atoms with van der Waals surface area (Å²) in [6.07, 6.45) is 9.60. The van der Waals surface area contributed by atoms with Crippen molar-refractivity contribution in [3.8, 4) is 11.6 Å². The van der Waals surface area contributed by atoms with E-state index in [-0.39, 0.29) is 11.1 Å². The average molecular weight is 481 g/mol. The highest BCUT2D eigenvalue weighted by Gasteiger charge is 2.24. The van der Waals surface area contributed by atoms with Crippen molar-refractivity contribution in [2.45, 2.75) is 6.42 Å². The topological polar surface area (TPSA) is 93.7 Å². The Hall–Kier alpha value is -3.50. The molecule has 2 aromatic rings. The SMILES string of the molecule is CN(CCOc1ccc(C=C2SC(=O)NC2=O)cc1)c1nccc(OC2=CCC(=S)C=C2)n1. The van der Waals surface area contributed by atoms with Crippen LogP contribution in [-0.2, 0) is 4.79 Å². The van der Waals surface area contributed by atoms with Crippen molar-refractivity contribution < 1.29 is 19.1 Å². The molecule has 0 spiro atoms. The van der Waals surface area contributed by atoms with Gasteiger partial charge in [-0.25, -0.2) is 4.98 Å². The first-order chi connectivity index (χ1) is 16.0. The summed E-state index contributed by atoms with van der Waals surface area (Å²) < 4.78 is 11.6. The molecule has 2 amide bonds. The van der Waals surface area contributed by atoms with Crippen molar-refractivity contribution in [3.05, 3.63) is 71.0 Å². The number of thioether (sulfide) groups is 1. The predicted octanol–water partition coefficient (Wildman–Crippen LogP) is 3.91. The van der Waals surface area contributed by atoms with Crippen LogP contribution in [0.1, 0.15) is 12.0 Å². The van der Waals surface area contributed by atoms with Crippen LogP contribution < -0.4 is 19.7 Å². The molecule has 1 aromatic carbocycles. The van der Waals surface area contributed by atoms with Crippen molar-refractivity contribution in [2.75, 3.05) is 25.1 Å². The van der Waals surface area contributed by atoms with E-state index in [1.54, 1.807) is 18.3 Å². The summed E-state index contributed by atoms with van der Waals surface area (Å²) in [7, 11) is 1.88. The van der Waals surface area contributed by atoms with E-state index < -0.39 is 0 Å². The van der Waals surface area contributed by atoms with Crippen molar-refractivity contribution in [1.82, 2.24) is 15.3 Å². The van der Waals surface area contributed by atoms with Gasteiger partial charge >= 0.3 is 0 Å². The zero-order valence-electron chi connectivity index (χ0n) is 17.7. The minimum Gasteiger partial charge on any atom is -0.492 e. The number of imide groups is 1. The molecule has 8 nitrogen and oxygen atoms in total. The number of anilines is 1. The summed E-state index contributed by atoms with van der Waals surface area (Å²) in [5.74, 6) is 2.00. The molecule has 1 saturated heterocycles. The Morgan fingerprint density at radius 3 is 2.73 bits per heavy atom. The molecule has 10 heteroatoms. The first-order valence-electron chi connectivity index (χ1n) is 10.1. The third kappa shape index (κ3) is 6.27. The number of nitrogens with one attached hydrogen (secondary N) is 1. The molecule has 4 rings (SSSR count). The molecule has 1 N–H and O–H groups in total. The van der Waals surface area contributed by atoms with E-state index in [9.17, 15) is 9.59 Å². The molecular weight excluding hydrogens is 460 g/mol. The van der Waals surface area contributed by atoms with Gasteiger partial charge in [0, 0.05) is 30.6 Å². The fraction of sp³-hybridized carbons (Fsp3) is 0.174. The van der Waals surface area contributed by atoms with Crippen LogP contribution in [0.15, 0.2) is 65.4 Å². The van der Waals surface area contributed by atoms with E-state index in [0.717, 1.165) is 22.2 Å². The Morgan fingerprint density at radius 2 is 2.03 bits per heavy atom. The van der Waals surface area contributed by atoms with Gasteiger partial charge in [0.15, 0.2) is 0 Å². The molecule has 33 heavy (non-hydrogen) atoms. The second-order valence-corrected chi connectivity index (χ2v) is 8.64. The van der Waals surface area contributed by atoms with E-state index >= 15 is 0 Å². The second-order valence-electron chi connectivity index (χ2n) is 7.10. The summed E-state index contributed by atoms with van der Waals surface area (Å²) in [6.45, 7) is 0.981. The molecule has 168 valence electrons. The van der Waals surface area contributed by atoms with Crippen LogP contribution in [0, 0.1) is 0 Å². The van der Waals surface area contributed by atoms with Crippen molar-refractivity contribution >= 4 is 52.0 Å². The lowest BCUT2D eigenvalue weighted by molar-refractivity contribution is -0.115. The maximum atomic E-state index is 11.6. The molecule has 0 bridgehead atoms. The van der Waals surface area contributed by atoms with Crippen LogP contribution >= 0.6 is 24.0 Å². The first kappa shape index (κ1) is 22.7. The number of aromatic nitrogens is 2. The summed E-state index contributed by atoms with van der Waals surface area (Å²) in [6, 6.07) is 8.99. The quantitative estimate of drug-likeness (QED) is 0.446. The lowest BCUT2D eigenvalue weighted by Gasteiger charge is -2.18. The summed E-state index contributed by atoms with van der Waals surface area (Å²) in [5.41, 5.74) is 0.807. The number of carbonyl (C=O) groups excluding carboxylic acids is 2. The van der Waals surface area contributed by atoms with Gasteiger partial charge in [0.2, 0.25) is 11.8 Å². The van der Waals surface area contributed by atoms with E-state index in [4.69, 9.17) is 21.7 Å². The predicted molar refractivity (Wildman–Crippen MR) is 131 cm³/mol. The second kappa shape index (κ2) is 10.4. The molecular formula is C23H20N4O4S2. The molecule has 0 unspecified atom stereocenters. The van der Waals surface area contributed by atoms with Crippen LogP contribution in [0.4, 0.5) is 10.7 Å². The lowest BCUT2D eigenvalue weighted by atomic mass is 10.2. The minimum atomic E-state index is -0.374. The molecule has 0 radical (unpaired) electrons. The van der Waals surface area contributed by atoms with Gasteiger partial charge < -0.3 is 14.4 Å². The number of allylic oxidation sites excluding steroid dienone is 3.